The number of rotatable bonds is 2. The van der Waals surface area contributed by atoms with Crippen LogP contribution in [0.3, 0.4) is 0 Å². The minimum Gasteiger partial charge on any atom is -0.479 e. The van der Waals surface area contributed by atoms with E-state index in [0.717, 1.165) is 0 Å². The number of aliphatic hydroxyl groups excluding tert-OH is 1. The molecule has 3 N–H and O–H groups in total. The maximum atomic E-state index is 11.0. The Morgan fingerprint density at radius 3 is 2.62 bits per heavy atom. The lowest BCUT2D eigenvalue weighted by molar-refractivity contribution is 0.0459. The molecule has 1 aliphatic heterocycles. The normalized spacial score (nSPS) is 14.2. The molecule has 0 spiro atoms. The number of aliphatic hydroxyl groups is 1. The molecule has 0 unspecified atom stereocenters. The van der Waals surface area contributed by atoms with E-state index in [1.165, 1.54) is 23.3 Å². The Labute approximate surface area is 90.4 Å². The molecule has 0 atom stereocenters. The zero-order valence-corrected chi connectivity index (χ0v) is 8.04. The van der Waals surface area contributed by atoms with Gasteiger partial charge in [-0.1, -0.05) is 5.59 Å². The zero-order valence-electron chi connectivity index (χ0n) is 8.04. The molecule has 0 aliphatic carbocycles. The van der Waals surface area contributed by atoms with E-state index in [0.29, 0.717) is 11.3 Å². The third-order valence-corrected chi connectivity index (χ3v) is 1.98. The number of carbonyl (C=O) groups is 1. The van der Waals surface area contributed by atoms with Gasteiger partial charge in [0.2, 0.25) is 0 Å². The summed E-state index contributed by atoms with van der Waals surface area (Å²) in [5.41, 5.74) is 10.0. The third kappa shape index (κ3) is 1.84. The molecule has 0 saturated carbocycles. The fourth-order valence-corrected chi connectivity index (χ4v) is 1.22. The summed E-state index contributed by atoms with van der Waals surface area (Å²) < 4.78 is 0. The summed E-state index contributed by atoms with van der Waals surface area (Å²) in [7, 11) is 0. The second-order valence-corrected chi connectivity index (χ2v) is 2.99. The quantitative estimate of drug-likeness (QED) is 0.655. The number of amides is 1. The molecule has 1 heterocycles. The van der Waals surface area contributed by atoms with Gasteiger partial charge in [-0.15, -0.1) is 5.11 Å². The van der Waals surface area contributed by atoms with Crippen LogP contribution in [0.5, 0.6) is 0 Å². The highest BCUT2D eigenvalue weighted by Crippen LogP contribution is 2.17. The Kier molecular flexibility index (Phi) is 2.52. The molecule has 1 amide bonds. The van der Waals surface area contributed by atoms with Gasteiger partial charge in [0.1, 0.15) is 6.20 Å². The fourth-order valence-electron chi connectivity index (χ4n) is 1.22. The van der Waals surface area contributed by atoms with Gasteiger partial charge < -0.3 is 9.94 Å². The maximum absolute atomic E-state index is 11.0. The van der Waals surface area contributed by atoms with Gasteiger partial charge in [-0.25, -0.2) is 10.5 Å². The Morgan fingerprint density at radius 1 is 1.44 bits per heavy atom. The number of hydrogen-bond donors (Lipinski definition) is 3. The molecular formula is C9H8N4O3. The molecule has 0 aromatic heterocycles. The van der Waals surface area contributed by atoms with Crippen molar-refractivity contribution in [3.63, 3.8) is 0 Å². The average molecular weight is 220 g/mol. The van der Waals surface area contributed by atoms with Crippen molar-refractivity contribution in [2.45, 2.75) is 0 Å². The number of benzene rings is 1. The molecule has 1 aliphatic rings. The first-order chi connectivity index (χ1) is 7.70. The van der Waals surface area contributed by atoms with Crippen LogP contribution in [0.15, 0.2) is 41.5 Å². The van der Waals surface area contributed by atoms with E-state index in [2.05, 4.69) is 15.5 Å². The number of hydrazine groups is 1. The van der Waals surface area contributed by atoms with E-state index < -0.39 is 5.91 Å². The topological polar surface area (TPSA) is 98.0 Å². The van der Waals surface area contributed by atoms with Crippen molar-refractivity contribution >= 4 is 11.6 Å². The predicted molar refractivity (Wildman–Crippen MR) is 53.3 cm³/mol. The number of hydrogen-bond acceptors (Lipinski definition) is 6. The number of carbonyl (C=O) groups excluding carboxylic acids is 1. The molecule has 7 heteroatoms. The van der Waals surface area contributed by atoms with Crippen molar-refractivity contribution in [2.75, 3.05) is 5.01 Å². The summed E-state index contributed by atoms with van der Waals surface area (Å²) in [6, 6.07) is 6.31. The molecule has 0 bridgehead atoms. The Hall–Kier alpha value is -2.41. The summed E-state index contributed by atoms with van der Waals surface area (Å²) in [6.07, 6.45) is 1.34. The minimum absolute atomic E-state index is 0.249. The monoisotopic (exact) mass is 220 g/mol. The molecule has 1 aromatic carbocycles. The summed E-state index contributed by atoms with van der Waals surface area (Å²) in [6.45, 7) is 0. The molecule has 7 nitrogen and oxygen atoms in total. The van der Waals surface area contributed by atoms with Crippen LogP contribution in [-0.2, 0) is 4.84 Å². The smallest absolute Gasteiger partial charge is 0.317 e. The van der Waals surface area contributed by atoms with Crippen molar-refractivity contribution in [3.05, 3.63) is 42.0 Å². The van der Waals surface area contributed by atoms with Crippen LogP contribution in [0.25, 0.3) is 0 Å². The molecular weight excluding hydrogens is 212 g/mol. The van der Waals surface area contributed by atoms with Crippen LogP contribution in [0.1, 0.15) is 10.4 Å². The van der Waals surface area contributed by atoms with E-state index in [1.807, 2.05) is 0 Å². The second-order valence-electron chi connectivity index (χ2n) is 2.99. The first-order valence-electron chi connectivity index (χ1n) is 4.35. The van der Waals surface area contributed by atoms with Crippen molar-refractivity contribution in [1.29, 1.82) is 5.53 Å². The largest absolute Gasteiger partial charge is 0.479 e. The van der Waals surface area contributed by atoms with Gasteiger partial charge in [-0.05, 0) is 24.3 Å². The summed E-state index contributed by atoms with van der Waals surface area (Å²) >= 11 is 0. The Bertz CT molecular complexity index is 454. The second kappa shape index (κ2) is 3.99. The zero-order chi connectivity index (χ0) is 11.5. The van der Waals surface area contributed by atoms with Crippen LogP contribution >= 0.6 is 0 Å². The fraction of sp³-hybridized carbons (Fsp3) is 0. The first-order valence-corrected chi connectivity index (χ1v) is 4.35. The average Bonchev–Trinajstić information content (AvgIpc) is 2.75. The SMILES string of the molecule is N=NC(=O)c1ccc(N2C=C(O)ON2)cc1. The summed E-state index contributed by atoms with van der Waals surface area (Å²) in [5, 5.41) is 13.2. The molecule has 2 rings (SSSR count). The first kappa shape index (κ1) is 10.1. The molecule has 0 saturated heterocycles. The summed E-state index contributed by atoms with van der Waals surface area (Å²) in [5.74, 6) is -0.850. The third-order valence-electron chi connectivity index (χ3n) is 1.98. The number of nitrogens with one attached hydrogen (secondary N) is 2. The number of anilines is 1. The summed E-state index contributed by atoms with van der Waals surface area (Å²) in [4.78, 5) is 15.6. The van der Waals surface area contributed by atoms with E-state index in [4.69, 9.17) is 10.6 Å². The van der Waals surface area contributed by atoms with E-state index in [-0.39, 0.29) is 5.95 Å². The Morgan fingerprint density at radius 2 is 2.12 bits per heavy atom. The lowest BCUT2D eigenvalue weighted by Crippen LogP contribution is -2.26. The van der Waals surface area contributed by atoms with Crippen LogP contribution in [0.4, 0.5) is 5.69 Å². The van der Waals surface area contributed by atoms with Crippen molar-refractivity contribution < 1.29 is 14.7 Å². The molecule has 16 heavy (non-hydrogen) atoms. The van der Waals surface area contributed by atoms with Crippen molar-refractivity contribution in [2.24, 2.45) is 5.11 Å². The van der Waals surface area contributed by atoms with Gasteiger partial charge in [0, 0.05) is 5.56 Å². The van der Waals surface area contributed by atoms with Crippen LogP contribution in [0, 0.1) is 5.53 Å². The lowest BCUT2D eigenvalue weighted by atomic mass is 10.2. The highest BCUT2D eigenvalue weighted by atomic mass is 16.8. The number of nitrogens with zero attached hydrogens (tertiary/aromatic N) is 2. The highest BCUT2D eigenvalue weighted by molar-refractivity contribution is 5.94. The standard InChI is InChI=1S/C9H8N4O3/c10-11-9(15)6-1-3-7(4-2-6)13-5-8(14)16-12-13/h1-5,10,12,14H. The van der Waals surface area contributed by atoms with Gasteiger partial charge >= 0.3 is 5.95 Å². The van der Waals surface area contributed by atoms with Gasteiger partial charge in [-0.3, -0.25) is 4.79 Å². The van der Waals surface area contributed by atoms with E-state index in [1.54, 1.807) is 12.1 Å². The highest BCUT2D eigenvalue weighted by Gasteiger charge is 2.14. The predicted octanol–water partition coefficient (Wildman–Crippen LogP) is 1.47. The van der Waals surface area contributed by atoms with Crippen LogP contribution in [0.2, 0.25) is 0 Å². The molecule has 0 fully saturated rings. The van der Waals surface area contributed by atoms with Crippen LogP contribution < -0.4 is 10.6 Å². The van der Waals surface area contributed by atoms with Crippen molar-refractivity contribution in [3.8, 4) is 0 Å². The molecule has 1 aromatic rings. The molecule has 82 valence electrons. The van der Waals surface area contributed by atoms with Crippen molar-refractivity contribution in [1.82, 2.24) is 5.59 Å². The van der Waals surface area contributed by atoms with E-state index in [9.17, 15) is 4.79 Å². The van der Waals surface area contributed by atoms with Gasteiger partial charge in [0.05, 0.1) is 5.69 Å². The van der Waals surface area contributed by atoms with Gasteiger partial charge in [0.25, 0.3) is 5.91 Å². The minimum atomic E-state index is -0.601. The van der Waals surface area contributed by atoms with E-state index >= 15 is 0 Å². The molecule has 0 radical (unpaired) electrons. The van der Waals surface area contributed by atoms with Gasteiger partial charge in [0.15, 0.2) is 0 Å². The Balaban J connectivity index is 2.19. The van der Waals surface area contributed by atoms with Gasteiger partial charge in [-0.2, -0.15) is 0 Å². The van der Waals surface area contributed by atoms with Crippen LogP contribution in [-0.4, -0.2) is 11.0 Å². The maximum Gasteiger partial charge on any atom is 0.317 e. The lowest BCUT2D eigenvalue weighted by Gasteiger charge is -2.12.